The molecule has 0 N–H and O–H groups in total. The van der Waals surface area contributed by atoms with E-state index >= 15 is 0 Å². The predicted molar refractivity (Wildman–Crippen MR) is 46.0 cm³/mol. The molecular formula is C7H6P2. The SMILES string of the molecule is c1ccc2[pH]cpc2c1. The third-order valence-electron chi connectivity index (χ3n) is 1.33. The maximum Gasteiger partial charge on any atom is 0.0130 e. The first-order valence-electron chi connectivity index (χ1n) is 2.85. The van der Waals surface area contributed by atoms with Gasteiger partial charge in [0.2, 0.25) is 0 Å². The largest absolute Gasteiger partial charge is 0.127 e. The van der Waals surface area contributed by atoms with Crippen molar-refractivity contribution in [2.45, 2.75) is 0 Å². The molecule has 2 heteroatoms. The fraction of sp³-hybridized carbons (Fsp3) is 0. The van der Waals surface area contributed by atoms with Gasteiger partial charge in [0.05, 0.1) is 0 Å². The molecule has 0 saturated heterocycles. The Morgan fingerprint density at radius 3 is 3.00 bits per heavy atom. The van der Waals surface area contributed by atoms with Gasteiger partial charge in [0.1, 0.15) is 0 Å². The molecule has 0 nitrogen and oxygen atoms in total. The highest BCUT2D eigenvalue weighted by Gasteiger charge is 1.87. The van der Waals surface area contributed by atoms with Crippen LogP contribution in [0.5, 0.6) is 0 Å². The highest BCUT2D eigenvalue weighted by Crippen LogP contribution is 2.32. The molecule has 1 aromatic heterocycles. The fourth-order valence-corrected chi connectivity index (χ4v) is 3.45. The van der Waals surface area contributed by atoms with Crippen molar-refractivity contribution in [3.8, 4) is 0 Å². The van der Waals surface area contributed by atoms with Gasteiger partial charge in [-0.1, -0.05) is 26.4 Å². The van der Waals surface area contributed by atoms with Crippen LogP contribution in [0.2, 0.25) is 0 Å². The molecule has 1 heterocycles. The van der Waals surface area contributed by atoms with Crippen molar-refractivity contribution < 1.29 is 0 Å². The van der Waals surface area contributed by atoms with Crippen LogP contribution >= 0.6 is 16.4 Å². The van der Waals surface area contributed by atoms with E-state index in [-0.39, 0.29) is 0 Å². The van der Waals surface area contributed by atoms with Gasteiger partial charge in [-0.2, -0.15) is 0 Å². The summed E-state index contributed by atoms with van der Waals surface area (Å²) in [4.78, 5) is 0. The lowest BCUT2D eigenvalue weighted by atomic mass is 10.4. The Morgan fingerprint density at radius 1 is 1.22 bits per heavy atom. The molecule has 0 radical (unpaired) electrons. The van der Waals surface area contributed by atoms with E-state index in [2.05, 4.69) is 29.8 Å². The van der Waals surface area contributed by atoms with Crippen LogP contribution in [-0.2, 0) is 0 Å². The summed E-state index contributed by atoms with van der Waals surface area (Å²) in [5.74, 6) is 0. The van der Waals surface area contributed by atoms with Gasteiger partial charge >= 0.3 is 0 Å². The predicted octanol–water partition coefficient (Wildman–Crippen LogP) is 3.45. The average molecular weight is 152 g/mol. The van der Waals surface area contributed by atoms with Gasteiger partial charge in [-0.25, -0.2) is 0 Å². The van der Waals surface area contributed by atoms with Gasteiger partial charge in [0.15, 0.2) is 0 Å². The molecule has 2 aromatic rings. The van der Waals surface area contributed by atoms with Gasteiger partial charge in [-0.3, -0.25) is 0 Å². The van der Waals surface area contributed by atoms with Crippen LogP contribution in [0.25, 0.3) is 10.2 Å². The summed E-state index contributed by atoms with van der Waals surface area (Å²) in [5.41, 5.74) is 2.32. The fourth-order valence-electron chi connectivity index (χ4n) is 0.880. The maximum absolute atomic E-state index is 2.32. The molecule has 0 amide bonds. The lowest BCUT2D eigenvalue weighted by Gasteiger charge is -1.82. The molecule has 0 fully saturated rings. The third kappa shape index (κ3) is 0.894. The van der Waals surface area contributed by atoms with Crippen LogP contribution in [0.1, 0.15) is 0 Å². The van der Waals surface area contributed by atoms with Gasteiger partial charge in [0, 0.05) is 10.2 Å². The number of hydrogen-bond acceptors (Lipinski definition) is 0. The minimum atomic E-state index is 0.942. The summed E-state index contributed by atoms with van der Waals surface area (Å²) in [7, 11) is 2.35. The second-order valence-electron chi connectivity index (χ2n) is 1.92. The Hall–Kier alpha value is -0.310. The van der Waals surface area contributed by atoms with E-state index in [4.69, 9.17) is 0 Å². The lowest BCUT2D eigenvalue weighted by Crippen LogP contribution is -1.53. The van der Waals surface area contributed by atoms with Crippen LogP contribution < -0.4 is 0 Å². The van der Waals surface area contributed by atoms with E-state index in [1.165, 1.54) is 18.4 Å². The zero-order chi connectivity index (χ0) is 6.10. The summed E-state index contributed by atoms with van der Waals surface area (Å²) in [6.07, 6.45) is 0. The smallest absolute Gasteiger partial charge is 0.0130 e. The molecule has 0 aliphatic heterocycles. The molecule has 2 rings (SSSR count). The van der Waals surface area contributed by atoms with Crippen molar-refractivity contribution in [2.75, 3.05) is 0 Å². The van der Waals surface area contributed by atoms with Crippen LogP contribution in [0.3, 0.4) is 0 Å². The molecule has 1 atom stereocenters. The van der Waals surface area contributed by atoms with Crippen LogP contribution in [-0.4, -0.2) is 0 Å². The minimum Gasteiger partial charge on any atom is -0.127 e. The van der Waals surface area contributed by atoms with Crippen molar-refractivity contribution in [3.63, 3.8) is 0 Å². The van der Waals surface area contributed by atoms with Crippen LogP contribution in [0.4, 0.5) is 0 Å². The quantitative estimate of drug-likeness (QED) is 0.542. The Balaban J connectivity index is 2.95. The Kier molecular flexibility index (Phi) is 1.30. The molecule has 0 aliphatic carbocycles. The van der Waals surface area contributed by atoms with E-state index < -0.39 is 0 Å². The molecule has 1 unspecified atom stereocenters. The Morgan fingerprint density at radius 2 is 2.11 bits per heavy atom. The molecule has 1 aromatic carbocycles. The summed E-state index contributed by atoms with van der Waals surface area (Å²) in [5, 5.41) is 3.02. The Bertz CT molecular complexity index is 281. The lowest BCUT2D eigenvalue weighted by molar-refractivity contribution is 1.88. The zero-order valence-corrected chi connectivity index (χ0v) is 6.73. The number of hydrogen-bond donors (Lipinski definition) is 0. The molecule has 0 saturated carbocycles. The van der Waals surface area contributed by atoms with Gasteiger partial charge < -0.3 is 0 Å². The second-order valence-corrected chi connectivity index (χ2v) is 4.52. The van der Waals surface area contributed by atoms with E-state index in [0.29, 0.717) is 0 Å². The first-order valence-corrected chi connectivity index (χ1v) is 4.89. The molecule has 44 valence electrons. The second kappa shape index (κ2) is 2.14. The summed E-state index contributed by atoms with van der Waals surface area (Å²) >= 11 is 0. The van der Waals surface area contributed by atoms with E-state index in [1.807, 2.05) is 0 Å². The monoisotopic (exact) mass is 152 g/mol. The standard InChI is InChI=1S/C7H6P2/c1-2-4-7-6(3-1)8-5-9-7/h1-5,8H. The normalized spacial score (nSPS) is 12.0. The maximum atomic E-state index is 2.32. The van der Waals surface area contributed by atoms with Crippen molar-refractivity contribution >= 4 is 26.6 Å². The first kappa shape index (κ1) is 5.47. The van der Waals surface area contributed by atoms with Crippen molar-refractivity contribution in [2.24, 2.45) is 0 Å². The van der Waals surface area contributed by atoms with Crippen molar-refractivity contribution in [1.29, 1.82) is 0 Å². The van der Waals surface area contributed by atoms with Crippen molar-refractivity contribution in [3.05, 3.63) is 29.8 Å². The molecule has 0 spiro atoms. The molecular weight excluding hydrogens is 146 g/mol. The summed E-state index contributed by atoms with van der Waals surface area (Å²) < 4.78 is 0. The minimum absolute atomic E-state index is 0.942. The van der Waals surface area contributed by atoms with E-state index in [0.717, 1.165) is 8.19 Å². The van der Waals surface area contributed by atoms with Crippen molar-refractivity contribution in [1.82, 2.24) is 0 Å². The van der Waals surface area contributed by atoms with E-state index in [1.54, 1.807) is 0 Å². The van der Waals surface area contributed by atoms with Gasteiger partial charge in [-0.05, 0) is 11.6 Å². The highest BCUT2D eigenvalue weighted by molar-refractivity contribution is 7.54. The zero-order valence-electron chi connectivity index (χ0n) is 4.83. The number of benzene rings is 1. The van der Waals surface area contributed by atoms with Crippen LogP contribution in [0, 0.1) is 0 Å². The van der Waals surface area contributed by atoms with Crippen LogP contribution in [0.15, 0.2) is 29.8 Å². The molecule has 9 heavy (non-hydrogen) atoms. The summed E-state index contributed by atoms with van der Waals surface area (Å²) in [6.45, 7) is 0. The number of fused-ring (bicyclic) bond motifs is 1. The average Bonchev–Trinajstić information content (AvgIpc) is 2.33. The first-order chi connectivity index (χ1) is 4.47. The highest BCUT2D eigenvalue weighted by atomic mass is 31.1. The summed E-state index contributed by atoms with van der Waals surface area (Å²) in [6, 6.07) is 8.63. The van der Waals surface area contributed by atoms with E-state index in [9.17, 15) is 0 Å². The van der Waals surface area contributed by atoms with Gasteiger partial charge in [-0.15, -0.1) is 8.19 Å². The third-order valence-corrected chi connectivity index (χ3v) is 3.99. The van der Waals surface area contributed by atoms with Gasteiger partial charge in [0.25, 0.3) is 0 Å². The Labute approximate surface area is 57.1 Å². The molecule has 0 aliphatic rings. The molecule has 0 bridgehead atoms. The topological polar surface area (TPSA) is 0 Å². The number of rotatable bonds is 0.